The van der Waals surface area contributed by atoms with Gasteiger partial charge in [-0.3, -0.25) is 9.36 Å². The second kappa shape index (κ2) is 5.57. The monoisotopic (exact) mass is 314 g/mol. The summed E-state index contributed by atoms with van der Waals surface area (Å²) in [5, 5.41) is 0.574. The first kappa shape index (κ1) is 14.8. The Morgan fingerprint density at radius 3 is 2.59 bits per heavy atom. The number of aryl methyl sites for hydroxylation is 2. The van der Waals surface area contributed by atoms with Crippen LogP contribution in [-0.2, 0) is 0 Å². The van der Waals surface area contributed by atoms with Crippen molar-refractivity contribution in [1.82, 2.24) is 9.55 Å². The Bertz CT molecular complexity index is 934. The molecule has 0 unspecified atom stereocenters. The van der Waals surface area contributed by atoms with Crippen molar-refractivity contribution < 1.29 is 4.39 Å². The van der Waals surface area contributed by atoms with Crippen LogP contribution in [0, 0.1) is 19.7 Å². The molecule has 0 spiro atoms. The van der Waals surface area contributed by atoms with Crippen molar-refractivity contribution in [2.24, 2.45) is 0 Å². The Hall–Kier alpha value is -2.14. The van der Waals surface area contributed by atoms with Crippen LogP contribution in [0.25, 0.3) is 16.6 Å². The number of thioether (sulfide) groups is 1. The van der Waals surface area contributed by atoms with Crippen molar-refractivity contribution in [3.63, 3.8) is 0 Å². The highest BCUT2D eigenvalue weighted by atomic mass is 32.2. The summed E-state index contributed by atoms with van der Waals surface area (Å²) in [5.41, 5.74) is 2.92. The van der Waals surface area contributed by atoms with Crippen LogP contribution in [0.3, 0.4) is 0 Å². The lowest BCUT2D eigenvalue weighted by molar-refractivity contribution is 0.635. The highest BCUT2D eigenvalue weighted by Crippen LogP contribution is 2.22. The Morgan fingerprint density at radius 1 is 1.14 bits per heavy atom. The van der Waals surface area contributed by atoms with Gasteiger partial charge in [-0.05, 0) is 55.5 Å². The predicted octanol–water partition coefficient (Wildman–Crippen LogP) is 3.86. The number of halogens is 1. The number of rotatable bonds is 2. The fraction of sp³-hybridized carbons (Fsp3) is 0.176. The summed E-state index contributed by atoms with van der Waals surface area (Å²) in [6.45, 7) is 3.99. The number of aromatic nitrogens is 2. The summed E-state index contributed by atoms with van der Waals surface area (Å²) in [6.07, 6.45) is 1.85. The Balaban J connectivity index is 2.42. The summed E-state index contributed by atoms with van der Waals surface area (Å²) in [7, 11) is 0. The summed E-state index contributed by atoms with van der Waals surface area (Å²) in [4.78, 5) is 17.2. The van der Waals surface area contributed by atoms with Crippen LogP contribution in [-0.4, -0.2) is 15.8 Å². The first-order chi connectivity index (χ1) is 10.5. The summed E-state index contributed by atoms with van der Waals surface area (Å²) < 4.78 is 15.5. The largest absolute Gasteiger partial charge is 0.269 e. The van der Waals surface area contributed by atoms with Crippen LogP contribution in [0.5, 0.6) is 0 Å². The van der Waals surface area contributed by atoms with Crippen LogP contribution >= 0.6 is 11.8 Å². The molecular formula is C17H15FN2OS. The minimum atomic E-state index is -0.541. The van der Waals surface area contributed by atoms with Gasteiger partial charge in [0.15, 0.2) is 5.16 Å². The highest BCUT2D eigenvalue weighted by Gasteiger charge is 2.15. The van der Waals surface area contributed by atoms with Gasteiger partial charge in [-0.2, -0.15) is 0 Å². The molecule has 1 aromatic heterocycles. The lowest BCUT2D eigenvalue weighted by atomic mass is 10.1. The molecule has 0 saturated heterocycles. The smallest absolute Gasteiger partial charge is 0.268 e. The van der Waals surface area contributed by atoms with Crippen LogP contribution in [0.4, 0.5) is 4.39 Å². The molecule has 0 aliphatic rings. The third-order valence-corrected chi connectivity index (χ3v) is 4.39. The predicted molar refractivity (Wildman–Crippen MR) is 88.6 cm³/mol. The van der Waals surface area contributed by atoms with E-state index < -0.39 is 5.82 Å². The van der Waals surface area contributed by atoms with Gasteiger partial charge in [0.25, 0.3) is 5.56 Å². The molecule has 2 aromatic carbocycles. The SMILES string of the molecule is CSc1nc2cccc(F)c2c(=O)n1-c1ccc(C)c(C)c1. The molecule has 0 amide bonds. The van der Waals surface area contributed by atoms with Gasteiger partial charge in [-0.15, -0.1) is 0 Å². The minimum absolute atomic E-state index is 0.0264. The van der Waals surface area contributed by atoms with Crippen molar-refractivity contribution in [3.05, 3.63) is 63.7 Å². The Kier molecular flexibility index (Phi) is 3.74. The van der Waals surface area contributed by atoms with Gasteiger partial charge in [0.1, 0.15) is 11.2 Å². The zero-order valence-corrected chi connectivity index (χ0v) is 13.4. The molecule has 5 heteroatoms. The van der Waals surface area contributed by atoms with Crippen molar-refractivity contribution >= 4 is 22.7 Å². The maximum atomic E-state index is 14.1. The topological polar surface area (TPSA) is 34.9 Å². The zero-order chi connectivity index (χ0) is 15.9. The molecule has 3 nitrogen and oxygen atoms in total. The first-order valence-corrected chi connectivity index (χ1v) is 8.08. The highest BCUT2D eigenvalue weighted by molar-refractivity contribution is 7.98. The fourth-order valence-electron chi connectivity index (χ4n) is 2.40. The molecule has 3 aromatic rings. The van der Waals surface area contributed by atoms with E-state index in [1.807, 2.05) is 38.3 Å². The lowest BCUT2D eigenvalue weighted by Crippen LogP contribution is -2.22. The van der Waals surface area contributed by atoms with Gasteiger partial charge < -0.3 is 0 Å². The van der Waals surface area contributed by atoms with E-state index in [4.69, 9.17) is 0 Å². The van der Waals surface area contributed by atoms with Gasteiger partial charge in [-0.25, -0.2) is 9.37 Å². The van der Waals surface area contributed by atoms with Crippen LogP contribution < -0.4 is 5.56 Å². The number of benzene rings is 2. The zero-order valence-electron chi connectivity index (χ0n) is 12.6. The average molecular weight is 314 g/mol. The summed E-state index contributed by atoms with van der Waals surface area (Å²) in [6, 6.07) is 10.2. The first-order valence-electron chi connectivity index (χ1n) is 6.86. The maximum Gasteiger partial charge on any atom is 0.269 e. The van der Waals surface area contributed by atoms with Crippen LogP contribution in [0.2, 0.25) is 0 Å². The number of fused-ring (bicyclic) bond motifs is 1. The van der Waals surface area contributed by atoms with Gasteiger partial charge in [-0.1, -0.05) is 23.9 Å². The molecule has 0 aliphatic heterocycles. The normalized spacial score (nSPS) is 11.1. The number of nitrogens with zero attached hydrogens (tertiary/aromatic N) is 2. The van der Waals surface area contributed by atoms with E-state index in [9.17, 15) is 9.18 Å². The van der Waals surface area contributed by atoms with Gasteiger partial charge >= 0.3 is 0 Å². The molecule has 3 rings (SSSR count). The van der Waals surface area contributed by atoms with Crippen molar-refractivity contribution in [3.8, 4) is 5.69 Å². The molecular weight excluding hydrogens is 299 g/mol. The number of hydrogen-bond acceptors (Lipinski definition) is 3. The summed E-state index contributed by atoms with van der Waals surface area (Å²) >= 11 is 1.36. The molecule has 22 heavy (non-hydrogen) atoms. The Labute approximate surface area is 131 Å². The van der Waals surface area contributed by atoms with Gasteiger partial charge in [0, 0.05) is 0 Å². The number of hydrogen-bond donors (Lipinski definition) is 0. The van der Waals surface area contributed by atoms with E-state index in [1.165, 1.54) is 22.4 Å². The molecule has 0 saturated carbocycles. The molecule has 112 valence electrons. The molecule has 0 bridgehead atoms. The second-order valence-electron chi connectivity index (χ2n) is 5.14. The van der Waals surface area contributed by atoms with Crippen molar-refractivity contribution in [2.45, 2.75) is 19.0 Å². The molecule has 0 aliphatic carbocycles. The molecule has 0 N–H and O–H groups in total. The molecule has 1 heterocycles. The minimum Gasteiger partial charge on any atom is -0.268 e. The standard InChI is InChI=1S/C17H15FN2OS/c1-10-7-8-12(9-11(10)2)20-16(21)15-13(18)5-4-6-14(15)19-17(20)22-3/h4-9H,1-3H3. The van der Waals surface area contributed by atoms with Crippen LogP contribution in [0.15, 0.2) is 46.3 Å². The van der Waals surface area contributed by atoms with Gasteiger partial charge in [0.05, 0.1) is 11.2 Å². The third-order valence-electron chi connectivity index (χ3n) is 3.75. The van der Waals surface area contributed by atoms with E-state index in [-0.39, 0.29) is 10.9 Å². The van der Waals surface area contributed by atoms with Crippen molar-refractivity contribution in [2.75, 3.05) is 6.26 Å². The Morgan fingerprint density at radius 2 is 1.91 bits per heavy atom. The molecule has 0 radical (unpaired) electrons. The quantitative estimate of drug-likeness (QED) is 0.532. The van der Waals surface area contributed by atoms with Gasteiger partial charge in [0.2, 0.25) is 0 Å². The second-order valence-corrected chi connectivity index (χ2v) is 5.91. The van der Waals surface area contributed by atoms with E-state index in [0.29, 0.717) is 16.4 Å². The van der Waals surface area contributed by atoms with E-state index in [0.717, 1.165) is 11.1 Å². The summed E-state index contributed by atoms with van der Waals surface area (Å²) in [5.74, 6) is -0.541. The van der Waals surface area contributed by atoms with E-state index >= 15 is 0 Å². The maximum absolute atomic E-state index is 14.1. The fourth-order valence-corrected chi connectivity index (χ4v) is 2.96. The average Bonchev–Trinajstić information content (AvgIpc) is 2.50. The van der Waals surface area contributed by atoms with Crippen molar-refractivity contribution in [1.29, 1.82) is 0 Å². The third kappa shape index (κ3) is 2.31. The van der Waals surface area contributed by atoms with E-state index in [2.05, 4.69) is 4.98 Å². The van der Waals surface area contributed by atoms with Crippen LogP contribution in [0.1, 0.15) is 11.1 Å². The molecule has 0 fully saturated rings. The molecule has 0 atom stereocenters. The lowest BCUT2D eigenvalue weighted by Gasteiger charge is -2.13. The van der Waals surface area contributed by atoms with E-state index in [1.54, 1.807) is 12.1 Å².